The average Bonchev–Trinajstić information content (AvgIpc) is 2.05. The molecule has 0 aromatic rings. The molecule has 1 aliphatic heterocycles. The van der Waals surface area contributed by atoms with Gasteiger partial charge in [0.2, 0.25) is 0 Å². The Bertz CT molecular complexity index is 131. The molecule has 2 N–H and O–H groups in total. The lowest BCUT2D eigenvalue weighted by atomic mass is 9.86. The van der Waals surface area contributed by atoms with Gasteiger partial charge in [-0.15, -0.1) is 0 Å². The Hall–Kier alpha value is -0.0800. The molecule has 0 aliphatic carbocycles. The molecule has 72 valence electrons. The summed E-state index contributed by atoms with van der Waals surface area (Å²) in [4.78, 5) is 0. The summed E-state index contributed by atoms with van der Waals surface area (Å²) in [7, 11) is 0. The lowest BCUT2D eigenvalue weighted by Crippen LogP contribution is -2.44. The highest BCUT2D eigenvalue weighted by Gasteiger charge is 2.28. The Labute approximate surface area is 76.1 Å². The van der Waals surface area contributed by atoms with E-state index in [2.05, 4.69) is 45.3 Å². The zero-order valence-corrected chi connectivity index (χ0v) is 8.89. The first-order valence-electron chi connectivity index (χ1n) is 5.04. The van der Waals surface area contributed by atoms with Crippen molar-refractivity contribution in [3.63, 3.8) is 0 Å². The summed E-state index contributed by atoms with van der Waals surface area (Å²) in [5.41, 5.74) is 0. The van der Waals surface area contributed by atoms with E-state index in [4.69, 9.17) is 0 Å². The van der Waals surface area contributed by atoms with Gasteiger partial charge >= 0.3 is 0 Å². The van der Waals surface area contributed by atoms with Gasteiger partial charge in [0.15, 0.2) is 0 Å². The second kappa shape index (κ2) is 3.75. The van der Waals surface area contributed by atoms with Crippen LogP contribution in [0, 0.1) is 11.8 Å². The predicted molar refractivity (Wildman–Crippen MR) is 53.0 cm³/mol. The van der Waals surface area contributed by atoms with Crippen molar-refractivity contribution in [3.05, 3.63) is 0 Å². The SMILES string of the molecule is CC1NC(C)C(C)C(C)C(C)N1. The maximum Gasteiger partial charge on any atom is 0.0546 e. The van der Waals surface area contributed by atoms with Crippen molar-refractivity contribution in [1.29, 1.82) is 0 Å². The zero-order valence-electron chi connectivity index (χ0n) is 8.89. The molecule has 1 aliphatic rings. The molecule has 4 unspecified atom stereocenters. The van der Waals surface area contributed by atoms with Crippen molar-refractivity contribution in [2.24, 2.45) is 11.8 Å². The van der Waals surface area contributed by atoms with Crippen LogP contribution in [0.15, 0.2) is 0 Å². The molecule has 1 rings (SSSR count). The average molecular weight is 170 g/mol. The van der Waals surface area contributed by atoms with Gasteiger partial charge in [0.1, 0.15) is 0 Å². The molecule has 1 heterocycles. The molecule has 2 heteroatoms. The highest BCUT2D eigenvalue weighted by atomic mass is 15.2. The van der Waals surface area contributed by atoms with Crippen LogP contribution in [0.2, 0.25) is 0 Å². The van der Waals surface area contributed by atoms with Crippen LogP contribution in [0.25, 0.3) is 0 Å². The number of rotatable bonds is 0. The summed E-state index contributed by atoms with van der Waals surface area (Å²) in [5.74, 6) is 1.50. The van der Waals surface area contributed by atoms with Gasteiger partial charge in [-0.2, -0.15) is 0 Å². The van der Waals surface area contributed by atoms with Crippen molar-refractivity contribution in [2.45, 2.75) is 52.9 Å². The van der Waals surface area contributed by atoms with Gasteiger partial charge in [-0.05, 0) is 32.6 Å². The minimum Gasteiger partial charge on any atom is -0.299 e. The Balaban J connectivity index is 2.66. The molecule has 0 bridgehead atoms. The smallest absolute Gasteiger partial charge is 0.0546 e. The highest BCUT2D eigenvalue weighted by Crippen LogP contribution is 2.21. The quantitative estimate of drug-likeness (QED) is 0.576. The van der Waals surface area contributed by atoms with Crippen LogP contribution in [0.1, 0.15) is 34.6 Å². The monoisotopic (exact) mass is 170 g/mol. The predicted octanol–water partition coefficient (Wildman–Crippen LogP) is 1.57. The van der Waals surface area contributed by atoms with Crippen molar-refractivity contribution in [1.82, 2.24) is 10.6 Å². The van der Waals surface area contributed by atoms with Crippen LogP contribution in [-0.2, 0) is 0 Å². The van der Waals surface area contributed by atoms with E-state index in [9.17, 15) is 0 Å². The van der Waals surface area contributed by atoms with Crippen LogP contribution in [-0.4, -0.2) is 18.2 Å². The van der Waals surface area contributed by atoms with Crippen LogP contribution in [0.5, 0.6) is 0 Å². The Morgan fingerprint density at radius 3 is 1.33 bits per heavy atom. The van der Waals surface area contributed by atoms with E-state index in [1.807, 2.05) is 0 Å². The van der Waals surface area contributed by atoms with Crippen LogP contribution in [0.3, 0.4) is 0 Å². The fourth-order valence-corrected chi connectivity index (χ4v) is 2.05. The van der Waals surface area contributed by atoms with E-state index < -0.39 is 0 Å². The standard InChI is InChI=1S/C10H22N2/c1-6-7(2)9(4)12-10(5)11-8(6)3/h6-12H,1-5H3. The van der Waals surface area contributed by atoms with Crippen LogP contribution >= 0.6 is 0 Å². The van der Waals surface area contributed by atoms with E-state index in [-0.39, 0.29) is 0 Å². The van der Waals surface area contributed by atoms with Gasteiger partial charge in [-0.1, -0.05) is 13.8 Å². The summed E-state index contributed by atoms with van der Waals surface area (Å²) < 4.78 is 0. The van der Waals surface area contributed by atoms with E-state index in [0.717, 1.165) is 11.8 Å². The fourth-order valence-electron chi connectivity index (χ4n) is 2.05. The van der Waals surface area contributed by atoms with Crippen molar-refractivity contribution < 1.29 is 0 Å². The topological polar surface area (TPSA) is 24.1 Å². The van der Waals surface area contributed by atoms with E-state index in [1.165, 1.54) is 0 Å². The van der Waals surface area contributed by atoms with Crippen molar-refractivity contribution >= 4 is 0 Å². The molecular formula is C10H22N2. The molecule has 0 amide bonds. The van der Waals surface area contributed by atoms with E-state index >= 15 is 0 Å². The second-order valence-electron chi connectivity index (χ2n) is 4.35. The van der Waals surface area contributed by atoms with Gasteiger partial charge in [-0.25, -0.2) is 0 Å². The molecule has 1 fully saturated rings. The second-order valence-corrected chi connectivity index (χ2v) is 4.35. The summed E-state index contributed by atoms with van der Waals surface area (Å²) in [6.07, 6.45) is 0.447. The molecule has 0 aromatic heterocycles. The summed E-state index contributed by atoms with van der Waals surface area (Å²) in [6, 6.07) is 1.24. The molecule has 12 heavy (non-hydrogen) atoms. The van der Waals surface area contributed by atoms with Crippen LogP contribution in [0.4, 0.5) is 0 Å². The largest absolute Gasteiger partial charge is 0.299 e. The first kappa shape index (κ1) is 10.0. The van der Waals surface area contributed by atoms with Gasteiger partial charge in [-0.3, -0.25) is 10.6 Å². The van der Waals surface area contributed by atoms with Crippen molar-refractivity contribution in [3.8, 4) is 0 Å². The lowest BCUT2D eigenvalue weighted by molar-refractivity contribution is 0.294. The molecule has 2 nitrogen and oxygen atoms in total. The molecule has 0 aromatic carbocycles. The van der Waals surface area contributed by atoms with Crippen LogP contribution < -0.4 is 10.6 Å². The minimum atomic E-state index is 0.447. The molecule has 1 saturated heterocycles. The summed E-state index contributed by atoms with van der Waals surface area (Å²) in [6.45, 7) is 11.4. The maximum absolute atomic E-state index is 3.54. The normalized spacial score (nSPS) is 50.2. The van der Waals surface area contributed by atoms with Gasteiger partial charge in [0, 0.05) is 12.1 Å². The van der Waals surface area contributed by atoms with Crippen molar-refractivity contribution in [2.75, 3.05) is 0 Å². The number of hydrogen-bond acceptors (Lipinski definition) is 2. The third kappa shape index (κ3) is 1.99. The zero-order chi connectivity index (χ0) is 9.30. The number of hydrogen-bond donors (Lipinski definition) is 2. The van der Waals surface area contributed by atoms with Gasteiger partial charge in [0.25, 0.3) is 0 Å². The molecule has 0 saturated carbocycles. The third-order valence-electron chi connectivity index (χ3n) is 3.43. The van der Waals surface area contributed by atoms with Gasteiger partial charge < -0.3 is 0 Å². The maximum atomic E-state index is 3.54. The first-order valence-corrected chi connectivity index (χ1v) is 5.04. The Kier molecular flexibility index (Phi) is 3.13. The number of nitrogens with one attached hydrogen (secondary N) is 2. The Morgan fingerprint density at radius 2 is 1.00 bits per heavy atom. The molecule has 0 spiro atoms. The third-order valence-corrected chi connectivity index (χ3v) is 3.43. The van der Waals surface area contributed by atoms with Gasteiger partial charge in [0.05, 0.1) is 6.17 Å². The highest BCUT2D eigenvalue weighted by molar-refractivity contribution is 4.85. The van der Waals surface area contributed by atoms with E-state index in [1.54, 1.807) is 0 Å². The van der Waals surface area contributed by atoms with E-state index in [0.29, 0.717) is 18.2 Å². The summed E-state index contributed by atoms with van der Waals surface area (Å²) in [5, 5.41) is 7.08. The first-order chi connectivity index (χ1) is 5.52. The lowest BCUT2D eigenvalue weighted by Gasteiger charge is -2.25. The molecule has 0 radical (unpaired) electrons. The molecule has 4 atom stereocenters. The Morgan fingerprint density at radius 1 is 0.667 bits per heavy atom. The summed E-state index contributed by atoms with van der Waals surface area (Å²) >= 11 is 0. The fraction of sp³-hybridized carbons (Fsp3) is 1.00. The molecular weight excluding hydrogens is 148 g/mol. The minimum absolute atomic E-state index is 0.447.